The van der Waals surface area contributed by atoms with E-state index in [2.05, 4.69) is 54.6 Å². The Morgan fingerprint density at radius 1 is 0.935 bits per heavy atom. The Bertz CT molecular complexity index is 1150. The molecule has 0 atom stereocenters. The molecule has 1 aliphatic rings. The van der Waals surface area contributed by atoms with Gasteiger partial charge in [-0.2, -0.15) is 0 Å². The SMILES string of the molecule is Oc1ccccc1-c1cc(-c2ccc(CN3CCNCC3)cc2)c(-c2ncc[nH]2)nn1. The molecule has 1 aliphatic heterocycles. The van der Waals surface area contributed by atoms with Crippen molar-refractivity contribution in [3.05, 3.63) is 72.6 Å². The maximum atomic E-state index is 10.3. The molecule has 0 bridgehead atoms. The van der Waals surface area contributed by atoms with E-state index in [0.29, 0.717) is 22.8 Å². The zero-order valence-electron chi connectivity index (χ0n) is 17.1. The fourth-order valence-corrected chi connectivity index (χ4v) is 3.92. The zero-order chi connectivity index (χ0) is 21.0. The molecule has 7 heteroatoms. The number of nitrogens with one attached hydrogen (secondary N) is 2. The van der Waals surface area contributed by atoms with Crippen molar-refractivity contribution in [1.29, 1.82) is 0 Å². The Labute approximate surface area is 180 Å². The van der Waals surface area contributed by atoms with Gasteiger partial charge in [0.1, 0.15) is 11.4 Å². The van der Waals surface area contributed by atoms with Crippen molar-refractivity contribution < 1.29 is 5.11 Å². The standard InChI is InChI=1S/C24H24N6O/c31-22-4-2-1-3-19(22)21-15-20(23(29-28-21)24-26-9-10-27-24)18-7-5-17(6-8-18)16-30-13-11-25-12-14-30/h1-10,15,25,31H,11-14,16H2,(H,26,27). The van der Waals surface area contributed by atoms with Crippen LogP contribution in [0, 0.1) is 0 Å². The van der Waals surface area contributed by atoms with E-state index in [1.165, 1.54) is 5.56 Å². The highest BCUT2D eigenvalue weighted by Gasteiger charge is 2.16. The average molecular weight is 412 g/mol. The Morgan fingerprint density at radius 3 is 2.48 bits per heavy atom. The fourth-order valence-electron chi connectivity index (χ4n) is 3.92. The molecule has 156 valence electrons. The first-order chi connectivity index (χ1) is 15.3. The van der Waals surface area contributed by atoms with Crippen molar-refractivity contribution >= 4 is 0 Å². The molecule has 7 nitrogen and oxygen atoms in total. The van der Waals surface area contributed by atoms with Crippen molar-refractivity contribution in [3.8, 4) is 39.7 Å². The molecule has 2 aromatic heterocycles. The molecule has 31 heavy (non-hydrogen) atoms. The van der Waals surface area contributed by atoms with Crippen molar-refractivity contribution in [2.24, 2.45) is 0 Å². The van der Waals surface area contributed by atoms with Crippen LogP contribution in [0.2, 0.25) is 0 Å². The number of H-pyrrole nitrogens is 1. The number of aromatic amines is 1. The summed E-state index contributed by atoms with van der Waals surface area (Å²) in [4.78, 5) is 9.95. The quantitative estimate of drug-likeness (QED) is 0.466. The molecule has 0 amide bonds. The number of benzene rings is 2. The minimum Gasteiger partial charge on any atom is -0.507 e. The van der Waals surface area contributed by atoms with Crippen LogP contribution in [0.3, 0.4) is 0 Å². The number of phenols is 1. The fraction of sp³-hybridized carbons (Fsp3) is 0.208. The summed E-state index contributed by atoms with van der Waals surface area (Å²) in [5, 5.41) is 22.5. The third-order valence-electron chi connectivity index (χ3n) is 5.58. The van der Waals surface area contributed by atoms with Gasteiger partial charge < -0.3 is 15.4 Å². The largest absolute Gasteiger partial charge is 0.507 e. The molecule has 5 rings (SSSR count). The second kappa shape index (κ2) is 8.67. The van der Waals surface area contributed by atoms with Crippen LogP contribution >= 0.6 is 0 Å². The van der Waals surface area contributed by atoms with Crippen LogP contribution in [0.15, 0.2) is 67.0 Å². The Balaban J connectivity index is 1.51. The smallest absolute Gasteiger partial charge is 0.158 e. The summed E-state index contributed by atoms with van der Waals surface area (Å²) in [6, 6.07) is 17.7. The van der Waals surface area contributed by atoms with Gasteiger partial charge in [0.25, 0.3) is 0 Å². The van der Waals surface area contributed by atoms with Gasteiger partial charge in [-0.3, -0.25) is 4.90 Å². The van der Waals surface area contributed by atoms with Crippen LogP contribution in [0.1, 0.15) is 5.56 Å². The van der Waals surface area contributed by atoms with E-state index in [9.17, 15) is 5.11 Å². The van der Waals surface area contributed by atoms with Crippen LogP contribution in [0.25, 0.3) is 33.9 Å². The number of imidazole rings is 1. The van der Waals surface area contributed by atoms with E-state index in [1.807, 2.05) is 18.2 Å². The van der Waals surface area contributed by atoms with Gasteiger partial charge in [0.2, 0.25) is 0 Å². The highest BCUT2D eigenvalue weighted by Crippen LogP contribution is 2.34. The van der Waals surface area contributed by atoms with E-state index in [0.717, 1.165) is 43.9 Å². The maximum Gasteiger partial charge on any atom is 0.158 e. The molecule has 4 aromatic rings. The van der Waals surface area contributed by atoms with Crippen LogP contribution in [0.4, 0.5) is 0 Å². The molecule has 3 heterocycles. The Morgan fingerprint density at radius 2 is 1.74 bits per heavy atom. The Kier molecular flexibility index (Phi) is 5.43. The van der Waals surface area contributed by atoms with Crippen LogP contribution in [-0.4, -0.2) is 56.4 Å². The zero-order valence-corrected chi connectivity index (χ0v) is 17.1. The molecule has 0 unspecified atom stereocenters. The van der Waals surface area contributed by atoms with E-state index in [1.54, 1.807) is 24.5 Å². The van der Waals surface area contributed by atoms with Gasteiger partial charge in [-0.25, -0.2) is 4.98 Å². The van der Waals surface area contributed by atoms with Gasteiger partial charge in [-0.15, -0.1) is 10.2 Å². The van der Waals surface area contributed by atoms with E-state index in [-0.39, 0.29) is 5.75 Å². The van der Waals surface area contributed by atoms with E-state index in [4.69, 9.17) is 0 Å². The van der Waals surface area contributed by atoms with Crippen molar-refractivity contribution in [2.45, 2.75) is 6.54 Å². The van der Waals surface area contributed by atoms with Gasteiger partial charge in [0, 0.05) is 56.2 Å². The Hall–Kier alpha value is -3.55. The number of rotatable bonds is 5. The van der Waals surface area contributed by atoms with Gasteiger partial charge in [0.15, 0.2) is 5.82 Å². The van der Waals surface area contributed by atoms with Gasteiger partial charge in [0.05, 0.1) is 5.69 Å². The van der Waals surface area contributed by atoms with Crippen molar-refractivity contribution in [3.63, 3.8) is 0 Å². The van der Waals surface area contributed by atoms with Crippen LogP contribution in [-0.2, 0) is 6.54 Å². The average Bonchev–Trinajstić information content (AvgIpc) is 3.35. The summed E-state index contributed by atoms with van der Waals surface area (Å²) in [7, 11) is 0. The second-order valence-electron chi connectivity index (χ2n) is 7.67. The molecular formula is C24H24N6O. The summed E-state index contributed by atoms with van der Waals surface area (Å²) >= 11 is 0. The lowest BCUT2D eigenvalue weighted by molar-refractivity contribution is 0.233. The molecule has 1 saturated heterocycles. The van der Waals surface area contributed by atoms with E-state index >= 15 is 0 Å². The minimum atomic E-state index is 0.180. The number of aromatic hydroxyl groups is 1. The van der Waals surface area contributed by atoms with Crippen LogP contribution in [0.5, 0.6) is 5.75 Å². The van der Waals surface area contributed by atoms with Crippen molar-refractivity contribution in [2.75, 3.05) is 26.2 Å². The lowest BCUT2D eigenvalue weighted by atomic mass is 9.99. The third-order valence-corrected chi connectivity index (χ3v) is 5.58. The first-order valence-electron chi connectivity index (χ1n) is 10.5. The summed E-state index contributed by atoms with van der Waals surface area (Å²) in [5.74, 6) is 0.844. The predicted molar refractivity (Wildman–Crippen MR) is 120 cm³/mol. The molecule has 0 saturated carbocycles. The first-order valence-corrected chi connectivity index (χ1v) is 10.5. The summed E-state index contributed by atoms with van der Waals surface area (Å²) in [5.41, 5.74) is 5.18. The van der Waals surface area contributed by atoms with Crippen molar-refractivity contribution in [1.82, 2.24) is 30.4 Å². The second-order valence-corrected chi connectivity index (χ2v) is 7.67. The van der Waals surface area contributed by atoms with Gasteiger partial charge in [-0.1, -0.05) is 36.4 Å². The summed E-state index contributed by atoms with van der Waals surface area (Å²) in [6.07, 6.45) is 3.47. The number of hydrogen-bond donors (Lipinski definition) is 3. The predicted octanol–water partition coefficient (Wildman–Crippen LogP) is 3.31. The highest BCUT2D eigenvalue weighted by atomic mass is 16.3. The third kappa shape index (κ3) is 4.19. The van der Waals surface area contributed by atoms with Gasteiger partial charge in [-0.05, 0) is 29.3 Å². The molecular weight excluding hydrogens is 388 g/mol. The molecule has 3 N–H and O–H groups in total. The van der Waals surface area contributed by atoms with Crippen LogP contribution < -0.4 is 5.32 Å². The lowest BCUT2D eigenvalue weighted by Gasteiger charge is -2.27. The minimum absolute atomic E-state index is 0.180. The molecule has 1 fully saturated rings. The molecule has 0 spiro atoms. The topological polar surface area (TPSA) is 90.0 Å². The van der Waals surface area contributed by atoms with Gasteiger partial charge >= 0.3 is 0 Å². The summed E-state index contributed by atoms with van der Waals surface area (Å²) < 4.78 is 0. The number of phenolic OH excluding ortho intramolecular Hbond substituents is 1. The summed E-state index contributed by atoms with van der Waals surface area (Å²) in [6.45, 7) is 5.18. The highest BCUT2D eigenvalue weighted by molar-refractivity contribution is 5.81. The maximum absolute atomic E-state index is 10.3. The normalized spacial score (nSPS) is 14.6. The molecule has 0 radical (unpaired) electrons. The number of aromatic nitrogens is 4. The first kappa shape index (κ1) is 19.4. The molecule has 0 aliphatic carbocycles. The van der Waals surface area contributed by atoms with E-state index < -0.39 is 0 Å². The number of hydrogen-bond acceptors (Lipinski definition) is 6. The number of para-hydroxylation sites is 1. The number of piperazine rings is 1. The number of nitrogens with zero attached hydrogens (tertiary/aromatic N) is 4. The monoisotopic (exact) mass is 412 g/mol. The lowest BCUT2D eigenvalue weighted by Crippen LogP contribution is -2.42. The molecule has 2 aromatic carbocycles.